The number of allylic oxidation sites excluding steroid dienone is 2. The fourth-order valence-electron chi connectivity index (χ4n) is 4.15. The van der Waals surface area contributed by atoms with E-state index in [1.54, 1.807) is 0 Å². The molecule has 6 heteroatoms. The van der Waals surface area contributed by atoms with Gasteiger partial charge in [-0.15, -0.1) is 0 Å². The molecule has 0 amide bonds. The van der Waals surface area contributed by atoms with Crippen LogP contribution in [-0.4, -0.2) is 41.1 Å². The van der Waals surface area contributed by atoms with Gasteiger partial charge in [-0.2, -0.15) is 0 Å². The number of halogens is 1. The first-order valence-electron chi connectivity index (χ1n) is 10.3. The summed E-state index contributed by atoms with van der Waals surface area (Å²) in [6.07, 6.45) is 12.9. The topological polar surface area (TPSA) is 76.0 Å². The minimum Gasteiger partial charge on any atom is -0.491 e. The second-order valence-electron chi connectivity index (χ2n) is 7.74. The number of aliphatic hydroxyl groups excluding tert-OH is 1. The van der Waals surface area contributed by atoms with Crippen LogP contribution in [0.3, 0.4) is 0 Å². The van der Waals surface area contributed by atoms with Gasteiger partial charge in [0.2, 0.25) is 0 Å². The third-order valence-electron chi connectivity index (χ3n) is 5.61. The number of unbranched alkanes of at least 4 members (excludes halogenated alkanes) is 1. The number of fused-ring (bicyclic) bond motifs is 2. The van der Waals surface area contributed by atoms with Gasteiger partial charge < -0.3 is 19.7 Å². The van der Waals surface area contributed by atoms with Gasteiger partial charge in [0.05, 0.1) is 12.2 Å². The Bertz CT molecular complexity index is 714. The molecule has 5 nitrogen and oxygen atoms in total. The lowest BCUT2D eigenvalue weighted by molar-refractivity contribution is -0.137. The normalized spacial score (nSPS) is 27.1. The zero-order valence-electron chi connectivity index (χ0n) is 16.5. The van der Waals surface area contributed by atoms with E-state index in [0.29, 0.717) is 24.4 Å². The molecule has 5 atom stereocenters. The summed E-state index contributed by atoms with van der Waals surface area (Å²) in [5, 5.41) is 19.0. The summed E-state index contributed by atoms with van der Waals surface area (Å²) >= 11 is 2.25. The molecule has 0 aromatic heterocycles. The first-order chi connectivity index (χ1) is 14.0. The highest BCUT2D eigenvalue weighted by Crippen LogP contribution is 2.45. The molecule has 0 radical (unpaired) electrons. The Balaban J connectivity index is 1.46. The van der Waals surface area contributed by atoms with Crippen LogP contribution >= 0.6 is 22.6 Å². The van der Waals surface area contributed by atoms with E-state index >= 15 is 0 Å². The number of carbonyl (C=O) groups is 1. The Morgan fingerprint density at radius 2 is 2.00 bits per heavy atom. The maximum absolute atomic E-state index is 10.6. The second-order valence-corrected chi connectivity index (χ2v) is 8.99. The minimum absolute atomic E-state index is 0.217. The highest BCUT2D eigenvalue weighted by molar-refractivity contribution is 14.1. The standard InChI is InChI=1S/C23H29IO5/c24-16-7-10-18(11-8-16)28-15-17(25)9-12-20-19(21-13-14-22(20)29-21)5-3-1-2-4-6-23(26)27/h1,3,7-12,17,19-22,25H,2,4-6,13-15H2,(H,26,27)/b3-1-,12-9+/t17-,19+,20+,21+,22-/m1/s1. The number of carboxylic acids is 1. The van der Waals surface area contributed by atoms with Crippen LogP contribution in [0.5, 0.6) is 5.75 Å². The maximum Gasteiger partial charge on any atom is 0.303 e. The Kier molecular flexibility index (Phi) is 8.56. The van der Waals surface area contributed by atoms with Gasteiger partial charge >= 0.3 is 5.97 Å². The van der Waals surface area contributed by atoms with Gasteiger partial charge in [-0.3, -0.25) is 4.79 Å². The first-order valence-corrected chi connectivity index (χ1v) is 11.4. The number of benzene rings is 1. The van der Waals surface area contributed by atoms with Crippen LogP contribution in [0, 0.1) is 15.4 Å². The number of ether oxygens (including phenoxy) is 2. The van der Waals surface area contributed by atoms with Crippen molar-refractivity contribution in [3.63, 3.8) is 0 Å². The summed E-state index contributed by atoms with van der Waals surface area (Å²) in [5.74, 6) is 0.747. The van der Waals surface area contributed by atoms with Gasteiger partial charge in [0.1, 0.15) is 18.5 Å². The van der Waals surface area contributed by atoms with Crippen molar-refractivity contribution in [3.05, 3.63) is 52.1 Å². The highest BCUT2D eigenvalue weighted by atomic mass is 127. The third-order valence-corrected chi connectivity index (χ3v) is 6.33. The molecule has 2 aliphatic heterocycles. The van der Waals surface area contributed by atoms with Crippen molar-refractivity contribution in [2.24, 2.45) is 11.8 Å². The number of rotatable bonds is 11. The molecule has 2 aliphatic rings. The Morgan fingerprint density at radius 3 is 2.76 bits per heavy atom. The molecule has 0 saturated carbocycles. The summed E-state index contributed by atoms with van der Waals surface area (Å²) in [5.41, 5.74) is 0. The smallest absolute Gasteiger partial charge is 0.303 e. The minimum atomic E-state index is -0.741. The number of carboxylic acid groups (broad SMARTS) is 1. The van der Waals surface area contributed by atoms with Crippen LogP contribution in [0.15, 0.2) is 48.6 Å². The highest BCUT2D eigenvalue weighted by Gasteiger charge is 2.46. The monoisotopic (exact) mass is 512 g/mol. The van der Waals surface area contributed by atoms with E-state index in [4.69, 9.17) is 14.6 Å². The van der Waals surface area contributed by atoms with Gasteiger partial charge in [-0.1, -0.05) is 24.3 Å². The largest absolute Gasteiger partial charge is 0.491 e. The quantitative estimate of drug-likeness (QED) is 0.258. The van der Waals surface area contributed by atoms with Crippen LogP contribution in [0.1, 0.15) is 38.5 Å². The molecular weight excluding hydrogens is 483 g/mol. The molecule has 2 bridgehead atoms. The van der Waals surface area contributed by atoms with Crippen LogP contribution in [-0.2, 0) is 9.53 Å². The van der Waals surface area contributed by atoms with E-state index in [1.807, 2.05) is 30.3 Å². The number of aliphatic hydroxyl groups is 1. The second kappa shape index (κ2) is 11.1. The molecule has 2 heterocycles. The number of hydrogen-bond acceptors (Lipinski definition) is 4. The van der Waals surface area contributed by atoms with Crippen LogP contribution in [0.4, 0.5) is 0 Å². The van der Waals surface area contributed by atoms with Crippen molar-refractivity contribution in [3.8, 4) is 5.75 Å². The predicted octanol–water partition coefficient (Wildman–Crippen LogP) is 4.58. The molecule has 2 N–H and O–H groups in total. The summed E-state index contributed by atoms with van der Waals surface area (Å²) in [6.45, 7) is 0.229. The summed E-state index contributed by atoms with van der Waals surface area (Å²) in [4.78, 5) is 10.6. The molecule has 1 aromatic carbocycles. The SMILES string of the molecule is O=C(O)CCC/C=C\C[C@H]1[C@H](/C=C/[C@@H](O)COc2ccc(I)cc2)[C@H]2CC[C@@H]1O2. The van der Waals surface area contributed by atoms with Crippen LogP contribution < -0.4 is 4.74 Å². The fourth-order valence-corrected chi connectivity index (χ4v) is 4.51. The zero-order valence-corrected chi connectivity index (χ0v) is 18.6. The summed E-state index contributed by atoms with van der Waals surface area (Å²) in [6, 6.07) is 7.76. The Hall–Kier alpha value is -1.38. The van der Waals surface area contributed by atoms with E-state index in [-0.39, 0.29) is 19.1 Å². The maximum atomic E-state index is 10.6. The predicted molar refractivity (Wildman–Crippen MR) is 120 cm³/mol. The van der Waals surface area contributed by atoms with Gasteiger partial charge in [-0.25, -0.2) is 0 Å². The number of aliphatic carboxylic acids is 1. The number of hydrogen-bond donors (Lipinski definition) is 2. The van der Waals surface area contributed by atoms with E-state index in [1.165, 1.54) is 0 Å². The average Bonchev–Trinajstić information content (AvgIpc) is 3.30. The Labute approximate surface area is 185 Å². The van der Waals surface area contributed by atoms with Gasteiger partial charge in [-0.05, 0) is 84.9 Å². The molecule has 3 rings (SSSR count). The summed E-state index contributed by atoms with van der Waals surface area (Å²) in [7, 11) is 0. The van der Waals surface area contributed by atoms with Crippen LogP contribution in [0.25, 0.3) is 0 Å². The lowest BCUT2D eigenvalue weighted by Crippen LogP contribution is -2.26. The van der Waals surface area contributed by atoms with E-state index in [0.717, 1.165) is 35.0 Å². The Morgan fingerprint density at radius 1 is 1.24 bits per heavy atom. The van der Waals surface area contributed by atoms with Crippen molar-refractivity contribution in [1.82, 2.24) is 0 Å². The molecule has 0 spiro atoms. The lowest BCUT2D eigenvalue weighted by Gasteiger charge is -2.25. The van der Waals surface area contributed by atoms with E-state index < -0.39 is 12.1 Å². The van der Waals surface area contributed by atoms with Crippen LogP contribution in [0.2, 0.25) is 0 Å². The molecular formula is C23H29IO5. The van der Waals surface area contributed by atoms with Gasteiger partial charge in [0.25, 0.3) is 0 Å². The molecule has 1 aromatic rings. The van der Waals surface area contributed by atoms with Crippen molar-refractivity contribution < 1.29 is 24.5 Å². The molecule has 0 unspecified atom stereocenters. The first kappa shape index (κ1) is 22.3. The molecule has 2 saturated heterocycles. The molecule has 0 aliphatic carbocycles. The van der Waals surface area contributed by atoms with E-state index in [9.17, 15) is 9.90 Å². The van der Waals surface area contributed by atoms with Crippen molar-refractivity contribution in [2.75, 3.05) is 6.61 Å². The van der Waals surface area contributed by atoms with E-state index in [2.05, 4.69) is 40.8 Å². The van der Waals surface area contributed by atoms with Gasteiger partial charge in [0.15, 0.2) is 0 Å². The van der Waals surface area contributed by atoms with Crippen molar-refractivity contribution >= 4 is 28.6 Å². The molecule has 29 heavy (non-hydrogen) atoms. The zero-order chi connectivity index (χ0) is 20.6. The lowest BCUT2D eigenvalue weighted by atomic mass is 9.77. The average molecular weight is 512 g/mol. The van der Waals surface area contributed by atoms with Gasteiger partial charge in [0, 0.05) is 15.9 Å². The summed E-state index contributed by atoms with van der Waals surface area (Å²) < 4.78 is 12.9. The van der Waals surface area contributed by atoms with Crippen molar-refractivity contribution in [1.29, 1.82) is 0 Å². The molecule has 158 valence electrons. The fraction of sp³-hybridized carbons (Fsp3) is 0.522. The van der Waals surface area contributed by atoms with Crippen molar-refractivity contribution in [2.45, 2.75) is 56.8 Å². The third kappa shape index (κ3) is 6.83. The molecule has 2 fully saturated rings.